The van der Waals surface area contributed by atoms with Gasteiger partial charge in [0, 0.05) is 6.42 Å². The van der Waals surface area contributed by atoms with Crippen LogP contribution in [0.25, 0.3) is 0 Å². The number of esters is 1. The molecule has 0 aromatic heterocycles. The van der Waals surface area contributed by atoms with Crippen molar-refractivity contribution in [2.24, 2.45) is 5.73 Å². The molecule has 3 nitrogen and oxygen atoms in total. The molecule has 0 aromatic carbocycles. The van der Waals surface area contributed by atoms with E-state index in [1.54, 1.807) is 6.92 Å². The van der Waals surface area contributed by atoms with Gasteiger partial charge in [0.05, 0.1) is 6.61 Å². The highest BCUT2D eigenvalue weighted by Gasteiger charge is 2.12. The number of terminal acetylenes is 1. The fourth-order valence-corrected chi connectivity index (χ4v) is 1.14. The third-order valence-electron chi connectivity index (χ3n) is 1.93. The van der Waals surface area contributed by atoms with Crippen molar-refractivity contribution >= 4 is 5.97 Å². The molecule has 80 valence electrons. The molecule has 3 heteroatoms. The Morgan fingerprint density at radius 1 is 1.50 bits per heavy atom. The van der Waals surface area contributed by atoms with Gasteiger partial charge >= 0.3 is 5.97 Å². The fraction of sp³-hybridized carbons (Fsp3) is 0.727. The van der Waals surface area contributed by atoms with Gasteiger partial charge in [0.2, 0.25) is 0 Å². The number of nitrogens with two attached hydrogens (primary N) is 1. The maximum absolute atomic E-state index is 11.1. The van der Waals surface area contributed by atoms with Crippen molar-refractivity contribution in [3.05, 3.63) is 0 Å². The zero-order chi connectivity index (χ0) is 10.8. The minimum absolute atomic E-state index is 0.301. The average molecular weight is 197 g/mol. The van der Waals surface area contributed by atoms with Crippen LogP contribution in [0.5, 0.6) is 0 Å². The maximum Gasteiger partial charge on any atom is 0.322 e. The topological polar surface area (TPSA) is 52.3 Å². The Balaban J connectivity index is 3.39. The minimum Gasteiger partial charge on any atom is -0.465 e. The number of carbonyl (C=O) groups excluding carboxylic acids is 1. The smallest absolute Gasteiger partial charge is 0.322 e. The molecule has 0 spiro atoms. The molecule has 0 saturated heterocycles. The lowest BCUT2D eigenvalue weighted by Crippen LogP contribution is -2.32. The first kappa shape index (κ1) is 13.0. The predicted molar refractivity (Wildman–Crippen MR) is 56.5 cm³/mol. The molecule has 0 aliphatic rings. The van der Waals surface area contributed by atoms with Crippen LogP contribution in [0.4, 0.5) is 0 Å². The molecule has 0 radical (unpaired) electrons. The number of rotatable bonds is 7. The van der Waals surface area contributed by atoms with Crippen LogP contribution in [0.15, 0.2) is 0 Å². The molecule has 0 fully saturated rings. The number of ether oxygens (including phenoxy) is 1. The van der Waals surface area contributed by atoms with Crippen molar-refractivity contribution in [3.8, 4) is 12.3 Å². The molecule has 1 atom stereocenters. The average Bonchev–Trinajstić information content (AvgIpc) is 2.17. The molecule has 0 amide bonds. The maximum atomic E-state index is 11.1. The molecule has 0 bridgehead atoms. The second-order valence-electron chi connectivity index (χ2n) is 3.16. The highest BCUT2D eigenvalue weighted by molar-refractivity contribution is 5.75. The second kappa shape index (κ2) is 8.58. The summed E-state index contributed by atoms with van der Waals surface area (Å²) in [5.41, 5.74) is 5.60. The van der Waals surface area contributed by atoms with Crippen LogP contribution in [-0.2, 0) is 9.53 Å². The Bertz CT molecular complexity index is 196. The van der Waals surface area contributed by atoms with E-state index in [0.717, 1.165) is 25.7 Å². The number of hydrogen-bond acceptors (Lipinski definition) is 3. The van der Waals surface area contributed by atoms with Crippen molar-refractivity contribution in [2.75, 3.05) is 6.61 Å². The van der Waals surface area contributed by atoms with E-state index in [1.807, 2.05) is 0 Å². The zero-order valence-electron chi connectivity index (χ0n) is 8.79. The van der Waals surface area contributed by atoms with Crippen LogP contribution in [0.1, 0.15) is 39.0 Å². The lowest BCUT2D eigenvalue weighted by molar-refractivity contribution is -0.144. The van der Waals surface area contributed by atoms with Crippen molar-refractivity contribution in [1.29, 1.82) is 0 Å². The molecule has 0 saturated carbocycles. The number of unbranched alkanes of at least 4 members (excludes halogenated alkanes) is 3. The first-order chi connectivity index (χ1) is 6.72. The van der Waals surface area contributed by atoms with Gasteiger partial charge in [0.15, 0.2) is 0 Å². The van der Waals surface area contributed by atoms with Crippen LogP contribution >= 0.6 is 0 Å². The summed E-state index contributed by atoms with van der Waals surface area (Å²) < 4.78 is 4.79. The van der Waals surface area contributed by atoms with Crippen molar-refractivity contribution < 1.29 is 9.53 Å². The van der Waals surface area contributed by atoms with Crippen molar-refractivity contribution in [2.45, 2.75) is 45.1 Å². The third kappa shape index (κ3) is 6.50. The summed E-state index contributed by atoms with van der Waals surface area (Å²) in [5, 5.41) is 0. The zero-order valence-corrected chi connectivity index (χ0v) is 8.79. The van der Waals surface area contributed by atoms with Crippen molar-refractivity contribution in [3.63, 3.8) is 0 Å². The number of carbonyl (C=O) groups is 1. The van der Waals surface area contributed by atoms with Crippen LogP contribution in [-0.4, -0.2) is 18.6 Å². The Labute approximate surface area is 86.0 Å². The molecule has 14 heavy (non-hydrogen) atoms. The van der Waals surface area contributed by atoms with E-state index < -0.39 is 6.04 Å². The highest BCUT2D eigenvalue weighted by Crippen LogP contribution is 2.05. The summed E-state index contributed by atoms with van der Waals surface area (Å²) in [5.74, 6) is 2.27. The molecule has 0 aliphatic carbocycles. The van der Waals surface area contributed by atoms with E-state index in [1.165, 1.54) is 0 Å². The molecule has 0 aliphatic heterocycles. The molecule has 0 aromatic rings. The van der Waals surface area contributed by atoms with E-state index in [9.17, 15) is 4.79 Å². The SMILES string of the molecule is C#CCCCCCC(N)C(=O)OCC. The number of hydrogen-bond donors (Lipinski definition) is 1. The molecular formula is C11H19NO2. The van der Waals surface area contributed by atoms with E-state index in [-0.39, 0.29) is 5.97 Å². The third-order valence-corrected chi connectivity index (χ3v) is 1.93. The predicted octanol–water partition coefficient (Wildman–Crippen LogP) is 1.46. The van der Waals surface area contributed by atoms with E-state index in [0.29, 0.717) is 13.0 Å². The second-order valence-corrected chi connectivity index (χ2v) is 3.16. The summed E-state index contributed by atoms with van der Waals surface area (Å²) in [6.07, 6.45) is 9.56. The standard InChI is InChI=1S/C11H19NO2/c1-3-5-6-7-8-9-10(12)11(13)14-4-2/h1,10H,4-9,12H2,2H3. The van der Waals surface area contributed by atoms with Crippen LogP contribution in [0, 0.1) is 12.3 Å². The van der Waals surface area contributed by atoms with Crippen molar-refractivity contribution in [1.82, 2.24) is 0 Å². The first-order valence-electron chi connectivity index (χ1n) is 5.08. The summed E-state index contributed by atoms with van der Waals surface area (Å²) in [6.45, 7) is 2.17. The van der Waals surface area contributed by atoms with Gasteiger partial charge in [0.25, 0.3) is 0 Å². The summed E-state index contributed by atoms with van der Waals surface area (Å²) >= 11 is 0. The van der Waals surface area contributed by atoms with E-state index in [2.05, 4.69) is 5.92 Å². The minimum atomic E-state index is -0.471. The van der Waals surface area contributed by atoms with Gasteiger partial charge in [-0.2, -0.15) is 0 Å². The van der Waals surface area contributed by atoms with Crippen LogP contribution in [0.2, 0.25) is 0 Å². The van der Waals surface area contributed by atoms with Crippen LogP contribution in [0.3, 0.4) is 0 Å². The fourth-order valence-electron chi connectivity index (χ4n) is 1.14. The van der Waals surface area contributed by atoms with E-state index in [4.69, 9.17) is 16.9 Å². The summed E-state index contributed by atoms with van der Waals surface area (Å²) in [7, 11) is 0. The summed E-state index contributed by atoms with van der Waals surface area (Å²) in [4.78, 5) is 11.1. The van der Waals surface area contributed by atoms with Gasteiger partial charge in [-0.15, -0.1) is 12.3 Å². The van der Waals surface area contributed by atoms with Gasteiger partial charge in [-0.1, -0.05) is 12.8 Å². The molecule has 1 unspecified atom stereocenters. The van der Waals surface area contributed by atoms with Gasteiger partial charge < -0.3 is 10.5 Å². The van der Waals surface area contributed by atoms with Gasteiger partial charge in [-0.3, -0.25) is 4.79 Å². The lowest BCUT2D eigenvalue weighted by atomic mass is 10.1. The molecular weight excluding hydrogens is 178 g/mol. The highest BCUT2D eigenvalue weighted by atomic mass is 16.5. The molecule has 0 rings (SSSR count). The van der Waals surface area contributed by atoms with Gasteiger partial charge in [-0.05, 0) is 19.8 Å². The Kier molecular flexibility index (Phi) is 7.96. The summed E-state index contributed by atoms with van der Waals surface area (Å²) in [6, 6.07) is -0.471. The Hall–Kier alpha value is -1.01. The molecule has 0 heterocycles. The van der Waals surface area contributed by atoms with Gasteiger partial charge in [-0.25, -0.2) is 0 Å². The normalized spacial score (nSPS) is 11.8. The lowest BCUT2D eigenvalue weighted by Gasteiger charge is -2.09. The molecule has 2 N–H and O–H groups in total. The first-order valence-corrected chi connectivity index (χ1v) is 5.08. The van der Waals surface area contributed by atoms with Crippen LogP contribution < -0.4 is 5.73 Å². The van der Waals surface area contributed by atoms with E-state index >= 15 is 0 Å². The quantitative estimate of drug-likeness (QED) is 0.382. The Morgan fingerprint density at radius 2 is 2.21 bits per heavy atom. The van der Waals surface area contributed by atoms with Gasteiger partial charge in [0.1, 0.15) is 6.04 Å². The monoisotopic (exact) mass is 197 g/mol. The Morgan fingerprint density at radius 3 is 2.79 bits per heavy atom. The largest absolute Gasteiger partial charge is 0.465 e.